The number of hydrogen-bond acceptors (Lipinski definition) is 6. The molecule has 29 heavy (non-hydrogen) atoms. The highest BCUT2D eigenvalue weighted by Gasteiger charge is 2.29. The number of nitro benzene ring substituents is 1. The minimum atomic E-state index is -0.457. The average Bonchev–Trinajstić information content (AvgIpc) is 3.06. The molecule has 0 fully saturated rings. The van der Waals surface area contributed by atoms with Gasteiger partial charge in [0.15, 0.2) is 11.6 Å². The third kappa shape index (κ3) is 3.56. The number of anilines is 1. The number of aromatic nitrogens is 3. The molecule has 1 N–H and O–H groups in total. The van der Waals surface area contributed by atoms with Crippen LogP contribution < -0.4 is 5.32 Å². The van der Waals surface area contributed by atoms with Crippen LogP contribution in [0.4, 0.5) is 11.4 Å². The monoisotopic (exact) mass is 453 g/mol. The zero-order chi connectivity index (χ0) is 20.5. The summed E-state index contributed by atoms with van der Waals surface area (Å²) < 4.78 is 2.28. The van der Waals surface area contributed by atoms with Gasteiger partial charge in [-0.15, -0.1) is 0 Å². The molecule has 2 heterocycles. The first-order valence-electron chi connectivity index (χ1n) is 8.90. The summed E-state index contributed by atoms with van der Waals surface area (Å²) in [5.41, 5.74) is 3.40. The molecule has 9 heteroatoms. The van der Waals surface area contributed by atoms with Crippen LogP contribution in [0.5, 0.6) is 0 Å². The smallest absolute Gasteiger partial charge is 0.270 e. The first-order valence-corrected chi connectivity index (χ1v) is 9.69. The second-order valence-corrected chi connectivity index (χ2v) is 7.43. The largest absolute Gasteiger partial charge is 0.360 e. The topological polar surface area (TPSA) is 103 Å². The first-order chi connectivity index (χ1) is 14.0. The maximum absolute atomic E-state index is 13.0. The first kappa shape index (κ1) is 19.0. The Morgan fingerprint density at radius 1 is 1.28 bits per heavy atom. The molecule has 0 spiro atoms. The number of aryl methyl sites for hydroxylation is 1. The van der Waals surface area contributed by atoms with Gasteiger partial charge in [0.25, 0.3) is 5.69 Å². The van der Waals surface area contributed by atoms with E-state index >= 15 is 0 Å². The Morgan fingerprint density at radius 2 is 2.10 bits per heavy atom. The van der Waals surface area contributed by atoms with Gasteiger partial charge < -0.3 is 5.32 Å². The lowest BCUT2D eigenvalue weighted by molar-refractivity contribution is -0.384. The van der Waals surface area contributed by atoms with Crippen LogP contribution in [0.15, 0.2) is 58.8 Å². The third-order valence-corrected chi connectivity index (χ3v) is 5.39. The summed E-state index contributed by atoms with van der Waals surface area (Å²) in [5.74, 6) is 0.612. The predicted octanol–water partition coefficient (Wildman–Crippen LogP) is 4.37. The maximum Gasteiger partial charge on any atom is 0.270 e. The van der Waals surface area contributed by atoms with E-state index in [0.717, 1.165) is 5.69 Å². The summed E-state index contributed by atoms with van der Waals surface area (Å²) in [4.78, 5) is 27.8. The fourth-order valence-electron chi connectivity index (χ4n) is 3.33. The number of pyridine rings is 1. The van der Waals surface area contributed by atoms with Gasteiger partial charge in [0.1, 0.15) is 0 Å². The Labute approximate surface area is 174 Å². The van der Waals surface area contributed by atoms with E-state index in [1.807, 2.05) is 25.1 Å². The Kier molecular flexibility index (Phi) is 4.98. The van der Waals surface area contributed by atoms with Gasteiger partial charge in [-0.25, -0.2) is 9.67 Å². The van der Waals surface area contributed by atoms with E-state index in [4.69, 9.17) is 0 Å². The molecule has 0 aliphatic heterocycles. The number of carbonyl (C=O) groups is 1. The molecular formula is C20H16BrN5O3. The van der Waals surface area contributed by atoms with Crippen molar-refractivity contribution < 1.29 is 9.72 Å². The van der Waals surface area contributed by atoms with E-state index in [9.17, 15) is 14.9 Å². The fraction of sp³-hybridized carbons (Fsp3) is 0.150. The van der Waals surface area contributed by atoms with Crippen LogP contribution in [0.2, 0.25) is 0 Å². The number of nitro groups is 1. The number of nitrogens with zero attached hydrogens (tertiary/aromatic N) is 4. The van der Waals surface area contributed by atoms with Crippen molar-refractivity contribution in [1.29, 1.82) is 0 Å². The lowest BCUT2D eigenvalue weighted by Gasteiger charge is -2.16. The van der Waals surface area contributed by atoms with Crippen LogP contribution in [0, 0.1) is 17.0 Å². The van der Waals surface area contributed by atoms with E-state index < -0.39 is 4.92 Å². The molecule has 3 aromatic rings. The summed E-state index contributed by atoms with van der Waals surface area (Å²) in [6.07, 6.45) is 4.57. The van der Waals surface area contributed by atoms with Gasteiger partial charge in [0.05, 0.1) is 27.6 Å². The summed E-state index contributed by atoms with van der Waals surface area (Å²) in [5, 5.41) is 18.5. The van der Waals surface area contributed by atoms with Crippen molar-refractivity contribution in [3.8, 4) is 5.82 Å². The molecule has 0 saturated carbocycles. The molecule has 1 aliphatic carbocycles. The molecule has 0 atom stereocenters. The van der Waals surface area contributed by atoms with Crippen LogP contribution >= 0.6 is 15.9 Å². The Morgan fingerprint density at radius 3 is 2.79 bits per heavy atom. The zero-order valence-electron chi connectivity index (χ0n) is 15.4. The van der Waals surface area contributed by atoms with Gasteiger partial charge in [0.2, 0.25) is 0 Å². The van der Waals surface area contributed by atoms with E-state index in [0.29, 0.717) is 45.7 Å². The molecule has 8 nitrogen and oxygen atoms in total. The van der Waals surface area contributed by atoms with E-state index in [2.05, 4.69) is 31.3 Å². The number of ketones is 1. The van der Waals surface area contributed by atoms with Gasteiger partial charge in [-0.1, -0.05) is 6.07 Å². The number of Topliss-reactive ketones (excluding diaryl/α,β-unsaturated/α-hetero) is 1. The molecule has 0 radical (unpaired) electrons. The normalized spacial score (nSPS) is 14.7. The van der Waals surface area contributed by atoms with Gasteiger partial charge in [-0.2, -0.15) is 5.10 Å². The van der Waals surface area contributed by atoms with Gasteiger partial charge in [-0.05, 0) is 53.9 Å². The van der Waals surface area contributed by atoms with Crippen molar-refractivity contribution >= 4 is 33.1 Å². The quantitative estimate of drug-likeness (QED) is 0.357. The molecule has 0 amide bonds. The van der Waals surface area contributed by atoms with Crippen LogP contribution in [0.25, 0.3) is 5.82 Å². The number of halogens is 1. The Bertz CT molecular complexity index is 1150. The predicted molar refractivity (Wildman–Crippen MR) is 111 cm³/mol. The highest BCUT2D eigenvalue weighted by molar-refractivity contribution is 9.10. The van der Waals surface area contributed by atoms with Crippen LogP contribution in [-0.2, 0) is 6.42 Å². The van der Waals surface area contributed by atoms with Crippen molar-refractivity contribution in [1.82, 2.24) is 14.8 Å². The molecule has 1 aliphatic rings. The Balaban J connectivity index is 1.61. The van der Waals surface area contributed by atoms with Gasteiger partial charge >= 0.3 is 0 Å². The number of rotatable bonds is 4. The number of hydrogen-bond donors (Lipinski definition) is 1. The number of fused-ring (bicyclic) bond motifs is 1. The van der Waals surface area contributed by atoms with Crippen LogP contribution in [-0.4, -0.2) is 25.5 Å². The number of nitrogens with one attached hydrogen (secondary N) is 1. The summed E-state index contributed by atoms with van der Waals surface area (Å²) in [6.45, 7) is 1.82. The second kappa shape index (κ2) is 7.59. The second-order valence-electron chi connectivity index (χ2n) is 6.57. The van der Waals surface area contributed by atoms with Gasteiger partial charge in [0, 0.05) is 34.6 Å². The molecule has 0 unspecified atom stereocenters. The fourth-order valence-corrected chi connectivity index (χ4v) is 3.82. The lowest BCUT2D eigenvalue weighted by atomic mass is 9.90. The number of allylic oxidation sites excluding steroid dienone is 1. The summed E-state index contributed by atoms with van der Waals surface area (Å²) in [7, 11) is 0. The van der Waals surface area contributed by atoms with Gasteiger partial charge in [-0.3, -0.25) is 14.9 Å². The van der Waals surface area contributed by atoms with Crippen molar-refractivity contribution in [3.63, 3.8) is 0 Å². The zero-order valence-corrected chi connectivity index (χ0v) is 17.0. The number of non-ortho nitro benzene ring substituents is 1. The highest BCUT2D eigenvalue weighted by Crippen LogP contribution is 2.31. The standard InChI is InChI=1S/C20H16BrN5O3/c1-12-19-17(25(24-12)18-4-2-3-9-22-18)8-5-13(20(19)27)11-23-16-7-6-14(26(28)29)10-15(16)21/h2-4,6-7,9-11,23H,5,8H2,1H3. The van der Waals surface area contributed by atoms with E-state index in [-0.39, 0.29) is 11.5 Å². The van der Waals surface area contributed by atoms with Crippen LogP contribution in [0.3, 0.4) is 0 Å². The molecule has 4 rings (SSSR count). The number of carbonyl (C=O) groups excluding carboxylic acids is 1. The molecule has 0 saturated heterocycles. The van der Waals surface area contributed by atoms with E-state index in [1.165, 1.54) is 12.1 Å². The molecular weight excluding hydrogens is 438 g/mol. The minimum absolute atomic E-state index is 0.00831. The maximum atomic E-state index is 13.0. The van der Waals surface area contributed by atoms with E-state index in [1.54, 1.807) is 23.1 Å². The third-order valence-electron chi connectivity index (χ3n) is 4.74. The number of benzene rings is 1. The molecule has 1 aromatic carbocycles. The van der Waals surface area contributed by atoms with Crippen molar-refractivity contribution in [2.45, 2.75) is 19.8 Å². The highest BCUT2D eigenvalue weighted by atomic mass is 79.9. The van der Waals surface area contributed by atoms with Crippen molar-refractivity contribution in [2.24, 2.45) is 0 Å². The average molecular weight is 454 g/mol. The molecule has 146 valence electrons. The minimum Gasteiger partial charge on any atom is -0.360 e. The SMILES string of the molecule is Cc1nn(-c2ccccn2)c2c1C(=O)C(=CNc1ccc([N+](=O)[O-])cc1Br)CC2. The summed E-state index contributed by atoms with van der Waals surface area (Å²) >= 11 is 3.32. The molecule has 0 bridgehead atoms. The Hall–Kier alpha value is -3.33. The summed E-state index contributed by atoms with van der Waals surface area (Å²) in [6, 6.07) is 10.0. The lowest BCUT2D eigenvalue weighted by Crippen LogP contribution is -2.17. The van der Waals surface area contributed by atoms with Crippen molar-refractivity contribution in [2.75, 3.05) is 5.32 Å². The van der Waals surface area contributed by atoms with Crippen molar-refractivity contribution in [3.05, 3.63) is 85.9 Å². The van der Waals surface area contributed by atoms with Crippen LogP contribution in [0.1, 0.15) is 28.2 Å². The molecule has 2 aromatic heterocycles.